The summed E-state index contributed by atoms with van der Waals surface area (Å²) in [5, 5.41) is 4.84. The molecule has 0 unspecified atom stereocenters. The van der Waals surface area contributed by atoms with Gasteiger partial charge in [-0.2, -0.15) is 0 Å². The number of anilines is 3. The standard InChI is InChI=1S/C55H45NO/c1-53(2,3)34-22-26-36(27-23-34)56(37-28-24-35(25-29-37)54(4,5)6)47-32-30-42-50-40(47)17-13-20-45(50)55(43-18-10-7-14-38(43)39-15-8-11-19-44(39)55)46-31-33-49-52(51(42)46)41-16-9-12-21-48(41)57-49/h7-33H,1-6H3. The second kappa shape index (κ2) is 11.8. The van der Waals surface area contributed by atoms with Crippen LogP contribution in [0, 0.1) is 0 Å². The molecule has 11 rings (SSSR count). The Morgan fingerprint density at radius 3 is 1.56 bits per heavy atom. The van der Waals surface area contributed by atoms with Gasteiger partial charge >= 0.3 is 0 Å². The third-order valence-corrected chi connectivity index (χ3v) is 12.8. The summed E-state index contributed by atoms with van der Waals surface area (Å²) in [6, 6.07) is 61.4. The monoisotopic (exact) mass is 735 g/mol. The highest BCUT2D eigenvalue weighted by molar-refractivity contribution is 6.21. The second-order valence-electron chi connectivity index (χ2n) is 18.1. The molecule has 0 saturated carbocycles. The molecule has 2 heteroatoms. The molecule has 0 fully saturated rings. The Labute approximate surface area is 335 Å². The van der Waals surface area contributed by atoms with Gasteiger partial charge in [-0.3, -0.25) is 0 Å². The topological polar surface area (TPSA) is 16.4 Å². The number of rotatable bonds is 3. The highest BCUT2D eigenvalue weighted by Crippen LogP contribution is 2.63. The molecular weight excluding hydrogens is 691 g/mol. The average Bonchev–Trinajstić information content (AvgIpc) is 3.74. The minimum Gasteiger partial charge on any atom is -0.456 e. The molecular formula is C55H45NO. The van der Waals surface area contributed by atoms with Crippen molar-refractivity contribution >= 4 is 49.8 Å². The van der Waals surface area contributed by atoms with Crippen LogP contribution in [-0.2, 0) is 16.2 Å². The lowest BCUT2D eigenvalue weighted by Gasteiger charge is -2.41. The van der Waals surface area contributed by atoms with Crippen LogP contribution in [0.25, 0.3) is 55.0 Å². The summed E-state index contributed by atoms with van der Waals surface area (Å²) >= 11 is 0. The van der Waals surface area contributed by atoms with Crippen LogP contribution in [0.2, 0.25) is 0 Å². The molecule has 0 radical (unpaired) electrons. The molecule has 1 aromatic heterocycles. The lowest BCUT2D eigenvalue weighted by Crippen LogP contribution is -2.32. The predicted molar refractivity (Wildman–Crippen MR) is 240 cm³/mol. The van der Waals surface area contributed by atoms with E-state index in [1.807, 2.05) is 0 Å². The van der Waals surface area contributed by atoms with Gasteiger partial charge in [0.05, 0.1) is 11.1 Å². The predicted octanol–water partition coefficient (Wildman–Crippen LogP) is 15.1. The summed E-state index contributed by atoms with van der Waals surface area (Å²) in [7, 11) is 0. The van der Waals surface area contributed by atoms with Crippen LogP contribution >= 0.6 is 0 Å². The zero-order chi connectivity index (χ0) is 38.8. The first kappa shape index (κ1) is 33.9. The number of fused-ring (bicyclic) bond motifs is 13. The Morgan fingerprint density at radius 2 is 0.947 bits per heavy atom. The molecule has 0 amide bonds. The van der Waals surface area contributed by atoms with E-state index in [4.69, 9.17) is 4.42 Å². The van der Waals surface area contributed by atoms with Crippen molar-refractivity contribution < 1.29 is 4.42 Å². The normalized spacial score (nSPS) is 13.9. The summed E-state index contributed by atoms with van der Waals surface area (Å²) in [5.74, 6) is 0. The first-order chi connectivity index (χ1) is 27.5. The molecule has 2 aliphatic rings. The van der Waals surface area contributed by atoms with Gasteiger partial charge in [0.15, 0.2) is 0 Å². The van der Waals surface area contributed by atoms with Gasteiger partial charge in [0.25, 0.3) is 0 Å². The molecule has 0 bridgehead atoms. The third-order valence-electron chi connectivity index (χ3n) is 12.8. The first-order valence-electron chi connectivity index (χ1n) is 20.3. The van der Waals surface area contributed by atoms with Crippen molar-refractivity contribution in [2.45, 2.75) is 57.8 Å². The zero-order valence-corrected chi connectivity index (χ0v) is 33.4. The van der Waals surface area contributed by atoms with Crippen molar-refractivity contribution in [2.24, 2.45) is 0 Å². The van der Waals surface area contributed by atoms with Crippen LogP contribution in [0.3, 0.4) is 0 Å². The van der Waals surface area contributed by atoms with E-state index < -0.39 is 5.41 Å². The van der Waals surface area contributed by atoms with Gasteiger partial charge in [0, 0.05) is 27.5 Å². The van der Waals surface area contributed by atoms with Crippen LogP contribution in [0.5, 0.6) is 0 Å². The van der Waals surface area contributed by atoms with E-state index in [0.717, 1.165) is 33.6 Å². The van der Waals surface area contributed by atoms with Crippen molar-refractivity contribution in [3.63, 3.8) is 0 Å². The molecule has 0 saturated heterocycles. The number of benzene rings is 8. The van der Waals surface area contributed by atoms with Gasteiger partial charge in [0.2, 0.25) is 0 Å². The maximum absolute atomic E-state index is 6.63. The Hall–Kier alpha value is -6.38. The number of nitrogens with zero attached hydrogens (tertiary/aromatic N) is 1. The van der Waals surface area contributed by atoms with Crippen LogP contribution in [-0.4, -0.2) is 0 Å². The van der Waals surface area contributed by atoms with Gasteiger partial charge in [-0.15, -0.1) is 0 Å². The second-order valence-corrected chi connectivity index (χ2v) is 18.1. The fourth-order valence-electron chi connectivity index (χ4n) is 10.1. The van der Waals surface area contributed by atoms with Crippen LogP contribution in [0.1, 0.15) is 74.9 Å². The summed E-state index contributed by atoms with van der Waals surface area (Å²) in [5.41, 5.74) is 17.9. The molecule has 0 atom stereocenters. The number of para-hydroxylation sites is 1. The molecule has 0 N–H and O–H groups in total. The van der Waals surface area contributed by atoms with Crippen molar-refractivity contribution in [1.29, 1.82) is 0 Å². The summed E-state index contributed by atoms with van der Waals surface area (Å²) in [6.45, 7) is 13.7. The SMILES string of the molecule is CC(C)(C)c1ccc(N(c2ccc(C(C)(C)C)cc2)c2ccc3c4c(cccc24)C2(c4ccccc4-c4ccccc42)c2ccc4oc5ccccc5c4c2-3)cc1. The first-order valence-corrected chi connectivity index (χ1v) is 20.3. The zero-order valence-electron chi connectivity index (χ0n) is 33.4. The fourth-order valence-corrected chi connectivity index (χ4v) is 10.1. The van der Waals surface area contributed by atoms with Crippen LogP contribution in [0.15, 0.2) is 168 Å². The van der Waals surface area contributed by atoms with E-state index in [9.17, 15) is 0 Å². The highest BCUT2D eigenvalue weighted by Gasteiger charge is 2.50. The molecule has 276 valence electrons. The molecule has 1 heterocycles. The minimum absolute atomic E-state index is 0.0517. The lowest BCUT2D eigenvalue weighted by atomic mass is 9.61. The van der Waals surface area contributed by atoms with Crippen molar-refractivity contribution in [2.75, 3.05) is 4.90 Å². The molecule has 1 spiro atoms. The van der Waals surface area contributed by atoms with Crippen molar-refractivity contribution in [1.82, 2.24) is 0 Å². The van der Waals surface area contributed by atoms with Gasteiger partial charge in [-0.1, -0.05) is 163 Å². The van der Waals surface area contributed by atoms with Gasteiger partial charge in [-0.25, -0.2) is 0 Å². The largest absolute Gasteiger partial charge is 0.456 e. The molecule has 0 aliphatic heterocycles. The molecule has 2 nitrogen and oxygen atoms in total. The van der Waals surface area contributed by atoms with Crippen LogP contribution in [0.4, 0.5) is 17.1 Å². The smallest absolute Gasteiger partial charge is 0.136 e. The number of furan rings is 1. The number of hydrogen-bond donors (Lipinski definition) is 0. The highest BCUT2D eigenvalue weighted by atomic mass is 16.3. The number of hydrogen-bond acceptors (Lipinski definition) is 2. The van der Waals surface area contributed by atoms with Gasteiger partial charge in [0.1, 0.15) is 11.2 Å². The summed E-state index contributed by atoms with van der Waals surface area (Å²) in [6.07, 6.45) is 0. The molecule has 57 heavy (non-hydrogen) atoms. The van der Waals surface area contributed by atoms with Gasteiger partial charge in [-0.05, 0) is 114 Å². The van der Waals surface area contributed by atoms with Crippen LogP contribution < -0.4 is 4.90 Å². The third kappa shape index (κ3) is 4.71. The summed E-state index contributed by atoms with van der Waals surface area (Å²) in [4.78, 5) is 2.47. The Morgan fingerprint density at radius 1 is 0.404 bits per heavy atom. The van der Waals surface area contributed by atoms with E-state index in [1.165, 1.54) is 71.8 Å². The minimum atomic E-state index is -0.534. The molecule has 9 aromatic rings. The van der Waals surface area contributed by atoms with Crippen molar-refractivity contribution in [3.8, 4) is 22.3 Å². The average molecular weight is 736 g/mol. The van der Waals surface area contributed by atoms with Crippen molar-refractivity contribution in [3.05, 3.63) is 197 Å². The quantitative estimate of drug-likeness (QED) is 0.180. The van der Waals surface area contributed by atoms with E-state index in [0.29, 0.717) is 0 Å². The molecule has 2 aliphatic carbocycles. The molecule has 8 aromatic carbocycles. The summed E-state index contributed by atoms with van der Waals surface area (Å²) < 4.78 is 6.63. The Bertz CT molecular complexity index is 2970. The van der Waals surface area contributed by atoms with Gasteiger partial charge < -0.3 is 9.32 Å². The van der Waals surface area contributed by atoms with E-state index in [1.54, 1.807) is 0 Å². The fraction of sp³-hybridized carbons (Fsp3) is 0.164. The van der Waals surface area contributed by atoms with E-state index in [-0.39, 0.29) is 10.8 Å². The lowest BCUT2D eigenvalue weighted by molar-refractivity contribution is 0.590. The Kier molecular flexibility index (Phi) is 7.03. The van der Waals surface area contributed by atoms with E-state index >= 15 is 0 Å². The maximum atomic E-state index is 6.63. The Balaban J connectivity index is 1.27. The maximum Gasteiger partial charge on any atom is 0.136 e. The van der Waals surface area contributed by atoms with E-state index in [2.05, 4.69) is 210 Å².